The Hall–Kier alpha value is -3.05. The highest BCUT2D eigenvalue weighted by atomic mass is 32.2. The standard InChI is InChI=1S/C22H28N4O6S/c1-13(2)10-32-20(29)14-6-8-16(9-7-14)31-11-15(27)12-33-21-23-18-17(24(21)3)19(28)26(5)22(30)25(18)4/h6-9,13,15,27H,10-12H2,1-5H3/t15-/m0/s1. The largest absolute Gasteiger partial charge is 0.491 e. The van der Waals surface area contributed by atoms with Gasteiger partial charge in [0.2, 0.25) is 0 Å². The number of esters is 1. The molecule has 10 nitrogen and oxygen atoms in total. The van der Waals surface area contributed by atoms with Crippen LogP contribution >= 0.6 is 11.8 Å². The van der Waals surface area contributed by atoms with Crippen LogP contribution in [0, 0.1) is 5.92 Å². The van der Waals surface area contributed by atoms with E-state index in [0.29, 0.717) is 34.2 Å². The van der Waals surface area contributed by atoms with Gasteiger partial charge in [-0.1, -0.05) is 25.6 Å². The molecule has 0 saturated heterocycles. The van der Waals surface area contributed by atoms with Gasteiger partial charge in [-0.3, -0.25) is 13.9 Å². The molecule has 1 atom stereocenters. The van der Waals surface area contributed by atoms with Crippen LogP contribution in [0.5, 0.6) is 5.75 Å². The fraction of sp³-hybridized carbons (Fsp3) is 0.455. The molecule has 11 heteroatoms. The lowest BCUT2D eigenvalue weighted by Crippen LogP contribution is -2.37. The highest BCUT2D eigenvalue weighted by Crippen LogP contribution is 2.21. The van der Waals surface area contributed by atoms with Crippen molar-refractivity contribution >= 4 is 28.9 Å². The number of thioether (sulfide) groups is 1. The molecule has 0 saturated carbocycles. The summed E-state index contributed by atoms with van der Waals surface area (Å²) in [6, 6.07) is 6.52. The van der Waals surface area contributed by atoms with Gasteiger partial charge in [0, 0.05) is 26.9 Å². The van der Waals surface area contributed by atoms with Gasteiger partial charge in [-0.2, -0.15) is 0 Å². The normalized spacial score (nSPS) is 12.3. The van der Waals surface area contributed by atoms with Crippen LogP contribution in [0.4, 0.5) is 0 Å². The molecule has 0 amide bonds. The third-order valence-corrected chi connectivity index (χ3v) is 6.09. The minimum absolute atomic E-state index is 0.0360. The van der Waals surface area contributed by atoms with Gasteiger partial charge in [0.05, 0.1) is 18.3 Å². The summed E-state index contributed by atoms with van der Waals surface area (Å²) in [6.07, 6.45) is -0.808. The quantitative estimate of drug-likeness (QED) is 0.363. The fourth-order valence-corrected chi connectivity index (χ4v) is 3.93. The molecule has 1 N–H and O–H groups in total. The van der Waals surface area contributed by atoms with Gasteiger partial charge in [-0.05, 0) is 30.2 Å². The third-order valence-electron chi connectivity index (χ3n) is 4.92. The van der Waals surface area contributed by atoms with Crippen LogP contribution in [0.2, 0.25) is 0 Å². The highest BCUT2D eigenvalue weighted by molar-refractivity contribution is 7.99. The molecule has 2 heterocycles. The van der Waals surface area contributed by atoms with E-state index in [1.807, 2.05) is 13.8 Å². The van der Waals surface area contributed by atoms with E-state index in [1.54, 1.807) is 42.9 Å². The average molecular weight is 477 g/mol. The highest BCUT2D eigenvalue weighted by Gasteiger charge is 2.18. The number of imidazole rings is 1. The molecular weight excluding hydrogens is 448 g/mol. The number of hydrogen-bond acceptors (Lipinski definition) is 8. The van der Waals surface area contributed by atoms with E-state index in [1.165, 1.54) is 23.4 Å². The topological polar surface area (TPSA) is 118 Å². The summed E-state index contributed by atoms with van der Waals surface area (Å²) in [4.78, 5) is 40.9. The number of benzene rings is 1. The van der Waals surface area contributed by atoms with Crippen LogP contribution in [-0.2, 0) is 25.9 Å². The van der Waals surface area contributed by atoms with Crippen LogP contribution in [0.25, 0.3) is 11.2 Å². The fourth-order valence-electron chi connectivity index (χ4n) is 3.05. The van der Waals surface area contributed by atoms with Crippen molar-refractivity contribution in [2.24, 2.45) is 27.1 Å². The number of hydrogen-bond donors (Lipinski definition) is 1. The van der Waals surface area contributed by atoms with Crippen LogP contribution in [0.1, 0.15) is 24.2 Å². The van der Waals surface area contributed by atoms with Gasteiger partial charge in [0.15, 0.2) is 16.3 Å². The predicted octanol–water partition coefficient (Wildman–Crippen LogP) is 1.32. The number of carbonyl (C=O) groups is 1. The first-order valence-corrected chi connectivity index (χ1v) is 11.4. The van der Waals surface area contributed by atoms with Crippen molar-refractivity contribution in [2.45, 2.75) is 25.1 Å². The Morgan fingerprint density at radius 1 is 1.06 bits per heavy atom. The molecule has 178 valence electrons. The van der Waals surface area contributed by atoms with E-state index in [2.05, 4.69) is 4.98 Å². The second-order valence-corrected chi connectivity index (χ2v) is 9.11. The number of aliphatic hydroxyl groups is 1. The van der Waals surface area contributed by atoms with E-state index in [-0.39, 0.29) is 24.2 Å². The Morgan fingerprint density at radius 3 is 2.36 bits per heavy atom. The number of aryl methyl sites for hydroxylation is 2. The zero-order chi connectivity index (χ0) is 24.3. The Balaban J connectivity index is 1.58. The lowest BCUT2D eigenvalue weighted by molar-refractivity contribution is 0.0459. The average Bonchev–Trinajstić information content (AvgIpc) is 3.13. The Bertz CT molecular complexity index is 1260. The summed E-state index contributed by atoms with van der Waals surface area (Å²) in [5.41, 5.74) is 0.178. The van der Waals surface area contributed by atoms with Gasteiger partial charge < -0.3 is 19.1 Å². The summed E-state index contributed by atoms with van der Waals surface area (Å²) < 4.78 is 14.8. The summed E-state index contributed by atoms with van der Waals surface area (Å²) in [6.45, 7) is 4.33. The molecule has 2 aromatic heterocycles. The number of aromatic nitrogens is 4. The lowest BCUT2D eigenvalue weighted by atomic mass is 10.2. The van der Waals surface area contributed by atoms with Gasteiger partial charge in [0.25, 0.3) is 5.56 Å². The molecule has 3 aromatic rings. The summed E-state index contributed by atoms with van der Waals surface area (Å²) in [5.74, 6) is 0.657. The Kier molecular flexibility index (Phi) is 7.65. The van der Waals surface area contributed by atoms with Gasteiger partial charge in [0.1, 0.15) is 12.4 Å². The number of ether oxygens (including phenoxy) is 2. The molecule has 0 aliphatic rings. The van der Waals surface area contributed by atoms with Crippen LogP contribution in [0.15, 0.2) is 39.0 Å². The predicted molar refractivity (Wildman–Crippen MR) is 125 cm³/mol. The van der Waals surface area contributed by atoms with E-state index < -0.39 is 17.4 Å². The van der Waals surface area contributed by atoms with Crippen LogP contribution < -0.4 is 16.0 Å². The second kappa shape index (κ2) is 10.3. The van der Waals surface area contributed by atoms with Crippen molar-refractivity contribution in [3.05, 3.63) is 50.7 Å². The molecular formula is C22H28N4O6S. The lowest BCUT2D eigenvalue weighted by Gasteiger charge is -2.12. The minimum atomic E-state index is -0.808. The summed E-state index contributed by atoms with van der Waals surface area (Å²) in [7, 11) is 4.68. The SMILES string of the molecule is CC(C)COC(=O)c1ccc(OC[C@H](O)CSc2nc3c(c(=O)n(C)c(=O)n3C)n2C)cc1. The number of carbonyl (C=O) groups excluding carboxylic acids is 1. The van der Waals surface area contributed by atoms with Crippen molar-refractivity contribution in [2.75, 3.05) is 19.0 Å². The molecule has 0 aliphatic carbocycles. The molecule has 1 aromatic carbocycles. The number of aliphatic hydroxyl groups excluding tert-OH is 1. The maximum Gasteiger partial charge on any atom is 0.338 e. The zero-order valence-corrected chi connectivity index (χ0v) is 20.1. The smallest absolute Gasteiger partial charge is 0.338 e. The van der Waals surface area contributed by atoms with Crippen molar-refractivity contribution in [3.8, 4) is 5.75 Å². The Morgan fingerprint density at radius 2 is 1.73 bits per heavy atom. The molecule has 0 spiro atoms. The van der Waals surface area contributed by atoms with E-state index in [4.69, 9.17) is 9.47 Å². The van der Waals surface area contributed by atoms with Gasteiger partial charge in [-0.25, -0.2) is 14.6 Å². The minimum Gasteiger partial charge on any atom is -0.491 e. The van der Waals surface area contributed by atoms with Crippen LogP contribution in [-0.4, -0.2) is 54.8 Å². The molecule has 0 fully saturated rings. The first kappa shape index (κ1) is 24.6. The molecule has 0 bridgehead atoms. The number of fused-ring (bicyclic) bond motifs is 1. The second-order valence-electron chi connectivity index (χ2n) is 8.12. The van der Waals surface area contributed by atoms with Crippen molar-refractivity contribution in [1.29, 1.82) is 0 Å². The first-order valence-electron chi connectivity index (χ1n) is 10.4. The monoisotopic (exact) mass is 476 g/mol. The van der Waals surface area contributed by atoms with Gasteiger partial charge >= 0.3 is 11.7 Å². The molecule has 0 aliphatic heterocycles. The molecule has 0 unspecified atom stereocenters. The molecule has 33 heavy (non-hydrogen) atoms. The number of nitrogens with zero attached hydrogens (tertiary/aromatic N) is 4. The zero-order valence-electron chi connectivity index (χ0n) is 19.3. The van der Waals surface area contributed by atoms with Crippen molar-refractivity contribution < 1.29 is 19.4 Å². The maximum atomic E-state index is 12.4. The third kappa shape index (κ3) is 5.48. The van der Waals surface area contributed by atoms with Crippen LogP contribution in [0.3, 0.4) is 0 Å². The molecule has 0 radical (unpaired) electrons. The summed E-state index contributed by atoms with van der Waals surface area (Å²) in [5, 5.41) is 10.8. The van der Waals surface area contributed by atoms with Crippen molar-refractivity contribution in [3.63, 3.8) is 0 Å². The van der Waals surface area contributed by atoms with E-state index >= 15 is 0 Å². The maximum absolute atomic E-state index is 12.4. The number of rotatable bonds is 9. The van der Waals surface area contributed by atoms with Crippen molar-refractivity contribution in [1.82, 2.24) is 18.7 Å². The van der Waals surface area contributed by atoms with Gasteiger partial charge in [-0.15, -0.1) is 0 Å². The van der Waals surface area contributed by atoms with E-state index in [0.717, 1.165) is 4.57 Å². The molecule has 3 rings (SSSR count). The Labute approximate surface area is 194 Å². The summed E-state index contributed by atoms with van der Waals surface area (Å²) >= 11 is 1.26. The van der Waals surface area contributed by atoms with E-state index in [9.17, 15) is 19.5 Å². The first-order chi connectivity index (χ1) is 15.6.